The molecular formula is C20H19NO4. The van der Waals surface area contributed by atoms with E-state index in [2.05, 4.69) is 5.32 Å². The van der Waals surface area contributed by atoms with E-state index >= 15 is 0 Å². The molecule has 0 saturated carbocycles. The molecular weight excluding hydrogens is 318 g/mol. The highest BCUT2D eigenvalue weighted by Crippen LogP contribution is 2.23. The molecule has 1 heterocycles. The predicted octanol–water partition coefficient (Wildman–Crippen LogP) is 3.35. The number of carbonyl (C=O) groups excluding carboxylic acids is 1. The summed E-state index contributed by atoms with van der Waals surface area (Å²) in [5.41, 5.74) is 3.30. The van der Waals surface area contributed by atoms with Crippen molar-refractivity contribution in [1.82, 2.24) is 5.32 Å². The van der Waals surface area contributed by atoms with Gasteiger partial charge in [0.05, 0.1) is 12.7 Å². The van der Waals surface area contributed by atoms with E-state index in [0.29, 0.717) is 16.9 Å². The molecule has 0 fully saturated rings. The average Bonchev–Trinajstić information content (AvgIpc) is 2.58. The van der Waals surface area contributed by atoms with Crippen LogP contribution in [0.15, 0.2) is 51.7 Å². The number of rotatable bonds is 4. The molecule has 3 rings (SSSR count). The number of benzene rings is 2. The van der Waals surface area contributed by atoms with Crippen molar-refractivity contribution in [1.29, 1.82) is 0 Å². The van der Waals surface area contributed by atoms with E-state index in [9.17, 15) is 9.59 Å². The topological polar surface area (TPSA) is 68.5 Å². The highest BCUT2D eigenvalue weighted by atomic mass is 16.5. The van der Waals surface area contributed by atoms with Crippen molar-refractivity contribution in [2.24, 2.45) is 0 Å². The summed E-state index contributed by atoms with van der Waals surface area (Å²) in [5, 5.41) is 3.70. The fraction of sp³-hybridized carbons (Fsp3) is 0.200. The van der Waals surface area contributed by atoms with Crippen LogP contribution in [0.25, 0.3) is 11.0 Å². The van der Waals surface area contributed by atoms with Crippen LogP contribution in [0.4, 0.5) is 0 Å². The number of hydrogen-bond acceptors (Lipinski definition) is 4. The third-order valence-corrected chi connectivity index (χ3v) is 4.06. The van der Waals surface area contributed by atoms with Crippen molar-refractivity contribution >= 4 is 16.9 Å². The monoisotopic (exact) mass is 337 g/mol. The number of methoxy groups -OCH3 is 1. The van der Waals surface area contributed by atoms with Crippen LogP contribution in [0, 0.1) is 13.8 Å². The summed E-state index contributed by atoms with van der Waals surface area (Å²) >= 11 is 0. The Balaban J connectivity index is 1.93. The molecule has 0 bridgehead atoms. The lowest BCUT2D eigenvalue weighted by atomic mass is 10.0. The smallest absolute Gasteiger partial charge is 0.336 e. The third kappa shape index (κ3) is 3.40. The minimum atomic E-state index is -0.431. The van der Waals surface area contributed by atoms with Crippen LogP contribution < -0.4 is 15.7 Å². The van der Waals surface area contributed by atoms with Gasteiger partial charge in [-0.15, -0.1) is 0 Å². The Kier molecular flexibility index (Phi) is 4.57. The zero-order valence-corrected chi connectivity index (χ0v) is 14.4. The first kappa shape index (κ1) is 16.8. The third-order valence-electron chi connectivity index (χ3n) is 4.06. The molecule has 1 N–H and O–H groups in total. The van der Waals surface area contributed by atoms with E-state index in [1.54, 1.807) is 24.3 Å². The Hall–Kier alpha value is -3.08. The van der Waals surface area contributed by atoms with Gasteiger partial charge in [0.15, 0.2) is 0 Å². The molecule has 2 aromatic carbocycles. The molecule has 0 unspecified atom stereocenters. The molecule has 25 heavy (non-hydrogen) atoms. The molecule has 0 saturated heterocycles. The summed E-state index contributed by atoms with van der Waals surface area (Å²) in [6.07, 6.45) is 0. The van der Waals surface area contributed by atoms with Gasteiger partial charge in [0.25, 0.3) is 5.91 Å². The number of amides is 1. The van der Waals surface area contributed by atoms with Crippen molar-refractivity contribution in [3.63, 3.8) is 0 Å². The Bertz CT molecular complexity index is 1000. The van der Waals surface area contributed by atoms with Gasteiger partial charge in [-0.2, -0.15) is 0 Å². The number of fused-ring (bicyclic) bond motifs is 1. The molecule has 0 aliphatic carbocycles. The summed E-state index contributed by atoms with van der Waals surface area (Å²) in [6.45, 7) is 4.13. The summed E-state index contributed by atoms with van der Waals surface area (Å²) in [5.74, 6) is 0.243. The second kappa shape index (κ2) is 6.81. The molecule has 0 atom stereocenters. The first-order valence-electron chi connectivity index (χ1n) is 7.95. The maximum absolute atomic E-state index is 12.5. The summed E-state index contributed by atoms with van der Waals surface area (Å²) in [7, 11) is 1.52. The molecule has 0 radical (unpaired) electrons. The SMILES string of the molecule is COc1ccccc1C(=O)NCc1cc(=O)oc2cc(C)cc(C)c12. The van der Waals surface area contributed by atoms with Crippen LogP contribution in [0.1, 0.15) is 27.0 Å². The second-order valence-electron chi connectivity index (χ2n) is 5.93. The number of aryl methyl sites for hydroxylation is 2. The number of nitrogens with one attached hydrogen (secondary N) is 1. The molecule has 0 aliphatic rings. The number of carbonyl (C=O) groups is 1. The normalized spacial score (nSPS) is 10.7. The summed E-state index contributed by atoms with van der Waals surface area (Å²) in [4.78, 5) is 24.3. The van der Waals surface area contributed by atoms with Gasteiger partial charge in [0.1, 0.15) is 11.3 Å². The molecule has 3 aromatic rings. The fourth-order valence-corrected chi connectivity index (χ4v) is 3.02. The van der Waals surface area contributed by atoms with Crippen LogP contribution in [0.2, 0.25) is 0 Å². The van der Waals surface area contributed by atoms with Crippen LogP contribution >= 0.6 is 0 Å². The van der Waals surface area contributed by atoms with E-state index in [-0.39, 0.29) is 12.5 Å². The summed E-state index contributed by atoms with van der Waals surface area (Å²) < 4.78 is 10.5. The van der Waals surface area contributed by atoms with Gasteiger partial charge in [-0.3, -0.25) is 4.79 Å². The van der Waals surface area contributed by atoms with E-state index in [4.69, 9.17) is 9.15 Å². The van der Waals surface area contributed by atoms with Crippen LogP contribution in [0.3, 0.4) is 0 Å². The zero-order chi connectivity index (χ0) is 18.0. The van der Waals surface area contributed by atoms with Crippen molar-refractivity contribution in [2.45, 2.75) is 20.4 Å². The lowest BCUT2D eigenvalue weighted by Gasteiger charge is -2.12. The van der Waals surface area contributed by atoms with Crippen LogP contribution in [-0.2, 0) is 6.54 Å². The molecule has 1 amide bonds. The first-order chi connectivity index (χ1) is 12.0. The highest BCUT2D eigenvalue weighted by molar-refractivity contribution is 5.97. The van der Waals surface area contributed by atoms with Crippen molar-refractivity contribution in [3.8, 4) is 5.75 Å². The largest absolute Gasteiger partial charge is 0.496 e. The van der Waals surface area contributed by atoms with Gasteiger partial charge in [-0.25, -0.2) is 4.79 Å². The summed E-state index contributed by atoms with van der Waals surface area (Å²) in [6, 6.07) is 12.3. The Morgan fingerprint density at radius 1 is 1.16 bits per heavy atom. The van der Waals surface area contributed by atoms with Gasteiger partial charge in [-0.05, 0) is 48.7 Å². The number of ether oxygens (including phenoxy) is 1. The molecule has 5 nitrogen and oxygen atoms in total. The van der Waals surface area contributed by atoms with Crippen molar-refractivity contribution in [2.75, 3.05) is 7.11 Å². The van der Waals surface area contributed by atoms with E-state index in [0.717, 1.165) is 22.1 Å². The van der Waals surface area contributed by atoms with E-state index in [1.165, 1.54) is 13.2 Å². The fourth-order valence-electron chi connectivity index (χ4n) is 3.02. The maximum atomic E-state index is 12.5. The molecule has 128 valence electrons. The van der Waals surface area contributed by atoms with Gasteiger partial charge in [-0.1, -0.05) is 18.2 Å². The number of hydrogen-bond donors (Lipinski definition) is 1. The Morgan fingerprint density at radius 3 is 2.68 bits per heavy atom. The first-order valence-corrected chi connectivity index (χ1v) is 7.95. The minimum Gasteiger partial charge on any atom is -0.496 e. The molecule has 5 heteroatoms. The van der Waals surface area contributed by atoms with E-state index < -0.39 is 5.63 Å². The average molecular weight is 337 g/mol. The quantitative estimate of drug-likeness (QED) is 0.741. The molecule has 0 spiro atoms. The van der Waals surface area contributed by atoms with Gasteiger partial charge in [0.2, 0.25) is 0 Å². The molecule has 0 aliphatic heterocycles. The maximum Gasteiger partial charge on any atom is 0.336 e. The lowest BCUT2D eigenvalue weighted by Crippen LogP contribution is -2.24. The zero-order valence-electron chi connectivity index (χ0n) is 14.4. The van der Waals surface area contributed by atoms with Gasteiger partial charge >= 0.3 is 5.63 Å². The Morgan fingerprint density at radius 2 is 1.92 bits per heavy atom. The predicted molar refractivity (Wildman–Crippen MR) is 96.1 cm³/mol. The van der Waals surface area contributed by atoms with Gasteiger partial charge in [0, 0.05) is 18.0 Å². The van der Waals surface area contributed by atoms with Crippen LogP contribution in [0.5, 0.6) is 5.75 Å². The molecule has 1 aromatic heterocycles. The Labute approximate surface area is 145 Å². The standard InChI is InChI=1S/C20H19NO4/c1-12-8-13(2)19-14(10-18(22)25-17(19)9-12)11-21-20(23)15-6-4-5-7-16(15)24-3/h4-10H,11H2,1-3H3,(H,21,23). The van der Waals surface area contributed by atoms with Crippen LogP contribution in [-0.4, -0.2) is 13.0 Å². The van der Waals surface area contributed by atoms with E-state index in [1.807, 2.05) is 26.0 Å². The van der Waals surface area contributed by atoms with Gasteiger partial charge < -0.3 is 14.5 Å². The second-order valence-corrected chi connectivity index (χ2v) is 5.93. The lowest BCUT2D eigenvalue weighted by molar-refractivity contribution is 0.0948. The minimum absolute atomic E-state index is 0.225. The van der Waals surface area contributed by atoms with Crippen molar-refractivity contribution < 1.29 is 13.9 Å². The number of para-hydroxylation sites is 1. The highest BCUT2D eigenvalue weighted by Gasteiger charge is 2.13. The van der Waals surface area contributed by atoms with Crippen molar-refractivity contribution in [3.05, 3.63) is 75.1 Å².